The number of aromatic nitrogens is 1. The molecule has 0 aliphatic heterocycles. The Morgan fingerprint density at radius 3 is 2.45 bits per heavy atom. The second-order valence-corrected chi connectivity index (χ2v) is 13.0. The quantitative estimate of drug-likeness (QED) is 0.232. The van der Waals surface area contributed by atoms with Gasteiger partial charge in [-0.25, -0.2) is 4.98 Å². The standard InChI is InChI=1S/C35H35NOS/c1-20(2)16-24-12-13-27(28-14-15-38-33(24)28)29-19-31(36-34-32(29)21(3)22(4)37-34)25-17-23-10-8-9-11-26(23)30(18-25)35(5,6)7/h8-15,17-20H,16H2,1-7H3. The Labute approximate surface area is 229 Å². The molecule has 38 heavy (non-hydrogen) atoms. The summed E-state index contributed by atoms with van der Waals surface area (Å²) < 4.78 is 7.66. The molecule has 0 unspecified atom stereocenters. The zero-order chi connectivity index (χ0) is 26.8. The number of thiophene rings is 1. The van der Waals surface area contributed by atoms with Crippen LogP contribution in [0.5, 0.6) is 0 Å². The third kappa shape index (κ3) is 4.14. The molecule has 0 saturated carbocycles. The summed E-state index contributed by atoms with van der Waals surface area (Å²) in [5, 5.41) is 7.20. The predicted octanol–water partition coefficient (Wildman–Crippen LogP) is 10.6. The Balaban J connectivity index is 1.65. The average molecular weight is 518 g/mol. The van der Waals surface area contributed by atoms with E-state index < -0.39 is 0 Å². The molecule has 0 saturated heterocycles. The van der Waals surface area contributed by atoms with Gasteiger partial charge in [-0.1, -0.05) is 71.0 Å². The molecule has 3 heterocycles. The fourth-order valence-corrected chi connectivity index (χ4v) is 6.70. The first-order chi connectivity index (χ1) is 18.1. The molecule has 2 nitrogen and oxygen atoms in total. The monoisotopic (exact) mass is 517 g/mol. The van der Waals surface area contributed by atoms with Crippen LogP contribution in [0.25, 0.3) is 54.3 Å². The highest BCUT2D eigenvalue weighted by Gasteiger charge is 2.22. The second kappa shape index (κ2) is 9.10. The minimum Gasteiger partial charge on any atom is -0.443 e. The molecule has 6 rings (SSSR count). The zero-order valence-electron chi connectivity index (χ0n) is 23.4. The molecule has 6 aromatic rings. The van der Waals surface area contributed by atoms with Crippen LogP contribution in [0.1, 0.15) is 57.1 Å². The number of furan rings is 1. The maximum Gasteiger partial charge on any atom is 0.227 e. The lowest BCUT2D eigenvalue weighted by molar-refractivity contribution is 0.565. The van der Waals surface area contributed by atoms with Crippen molar-refractivity contribution in [3.63, 3.8) is 0 Å². The molecule has 0 aliphatic carbocycles. The highest BCUT2D eigenvalue weighted by molar-refractivity contribution is 7.17. The maximum absolute atomic E-state index is 6.27. The van der Waals surface area contributed by atoms with E-state index in [4.69, 9.17) is 9.40 Å². The van der Waals surface area contributed by atoms with Crippen molar-refractivity contribution in [2.75, 3.05) is 0 Å². The molecule has 3 heteroatoms. The molecule has 0 bridgehead atoms. The molecule has 0 amide bonds. The number of nitrogens with zero attached hydrogens (tertiary/aromatic N) is 1. The van der Waals surface area contributed by atoms with E-state index in [1.807, 2.05) is 18.3 Å². The fraction of sp³-hybridized carbons (Fsp3) is 0.286. The Morgan fingerprint density at radius 1 is 0.895 bits per heavy atom. The Kier molecular flexibility index (Phi) is 5.96. The highest BCUT2D eigenvalue weighted by atomic mass is 32.1. The summed E-state index contributed by atoms with van der Waals surface area (Å²) in [4.78, 5) is 5.10. The number of benzene rings is 3. The van der Waals surface area contributed by atoms with Gasteiger partial charge in [0.2, 0.25) is 5.71 Å². The molecule has 192 valence electrons. The summed E-state index contributed by atoms with van der Waals surface area (Å²) in [6.07, 6.45) is 1.09. The minimum atomic E-state index is 0.00941. The number of hydrogen-bond donors (Lipinski definition) is 0. The van der Waals surface area contributed by atoms with Crippen LogP contribution in [0.4, 0.5) is 0 Å². The van der Waals surface area contributed by atoms with Gasteiger partial charge in [-0.3, -0.25) is 0 Å². The van der Waals surface area contributed by atoms with Crippen molar-refractivity contribution in [3.8, 4) is 22.4 Å². The molecule has 0 spiro atoms. The fourth-order valence-electron chi connectivity index (χ4n) is 5.75. The van der Waals surface area contributed by atoms with Crippen molar-refractivity contribution in [1.29, 1.82) is 0 Å². The van der Waals surface area contributed by atoms with Crippen LogP contribution in [-0.2, 0) is 11.8 Å². The molecule has 0 atom stereocenters. The van der Waals surface area contributed by atoms with Gasteiger partial charge in [0.25, 0.3) is 0 Å². The van der Waals surface area contributed by atoms with Crippen molar-refractivity contribution in [1.82, 2.24) is 4.98 Å². The summed E-state index contributed by atoms with van der Waals surface area (Å²) in [7, 11) is 0. The van der Waals surface area contributed by atoms with Gasteiger partial charge >= 0.3 is 0 Å². The van der Waals surface area contributed by atoms with Crippen LogP contribution < -0.4 is 0 Å². The van der Waals surface area contributed by atoms with Crippen LogP contribution in [0, 0.1) is 19.8 Å². The number of pyridine rings is 1. The van der Waals surface area contributed by atoms with Crippen molar-refractivity contribution in [2.45, 2.75) is 60.3 Å². The Hall–Kier alpha value is -3.43. The van der Waals surface area contributed by atoms with Gasteiger partial charge in [0.1, 0.15) is 5.76 Å². The topological polar surface area (TPSA) is 26.0 Å². The first kappa shape index (κ1) is 24.9. The van der Waals surface area contributed by atoms with E-state index in [0.717, 1.165) is 34.4 Å². The average Bonchev–Trinajstić information content (AvgIpc) is 3.47. The first-order valence-corrected chi connectivity index (χ1v) is 14.4. The summed E-state index contributed by atoms with van der Waals surface area (Å²) in [6, 6.07) is 22.5. The zero-order valence-corrected chi connectivity index (χ0v) is 24.2. The Bertz CT molecular complexity index is 1830. The molecule has 3 aromatic heterocycles. The van der Waals surface area contributed by atoms with Gasteiger partial charge in [0, 0.05) is 21.2 Å². The third-order valence-electron chi connectivity index (χ3n) is 7.72. The van der Waals surface area contributed by atoms with Gasteiger partial charge in [-0.05, 0) is 94.3 Å². The maximum atomic E-state index is 6.27. The lowest BCUT2D eigenvalue weighted by Crippen LogP contribution is -2.12. The van der Waals surface area contributed by atoms with E-state index in [0.29, 0.717) is 11.6 Å². The lowest BCUT2D eigenvalue weighted by Gasteiger charge is -2.23. The van der Waals surface area contributed by atoms with Crippen molar-refractivity contribution in [2.24, 2.45) is 5.92 Å². The van der Waals surface area contributed by atoms with E-state index in [2.05, 4.69) is 108 Å². The molecule has 0 fully saturated rings. The number of rotatable bonds is 4. The molecule has 3 aromatic carbocycles. The van der Waals surface area contributed by atoms with Gasteiger partial charge < -0.3 is 4.42 Å². The van der Waals surface area contributed by atoms with E-state index in [-0.39, 0.29) is 5.41 Å². The van der Waals surface area contributed by atoms with Crippen LogP contribution in [0.3, 0.4) is 0 Å². The summed E-state index contributed by atoms with van der Waals surface area (Å²) >= 11 is 1.85. The normalized spacial score (nSPS) is 12.4. The molecule has 0 aliphatic rings. The number of fused-ring (bicyclic) bond motifs is 3. The van der Waals surface area contributed by atoms with E-state index in [1.165, 1.54) is 43.1 Å². The molecular weight excluding hydrogens is 482 g/mol. The Morgan fingerprint density at radius 2 is 1.68 bits per heavy atom. The molecule has 0 radical (unpaired) electrons. The number of aryl methyl sites for hydroxylation is 2. The van der Waals surface area contributed by atoms with Crippen LogP contribution >= 0.6 is 11.3 Å². The molecular formula is C35H35NOS. The lowest BCUT2D eigenvalue weighted by atomic mass is 9.82. The van der Waals surface area contributed by atoms with Crippen LogP contribution in [0.15, 0.2) is 70.5 Å². The summed E-state index contributed by atoms with van der Waals surface area (Å²) in [6.45, 7) is 15.6. The van der Waals surface area contributed by atoms with Gasteiger partial charge in [-0.15, -0.1) is 11.3 Å². The van der Waals surface area contributed by atoms with Gasteiger partial charge in [0.05, 0.1) is 11.1 Å². The predicted molar refractivity (Wildman–Crippen MR) is 164 cm³/mol. The molecule has 0 N–H and O–H groups in total. The van der Waals surface area contributed by atoms with Gasteiger partial charge in [0.15, 0.2) is 0 Å². The van der Waals surface area contributed by atoms with Crippen LogP contribution in [-0.4, -0.2) is 4.98 Å². The minimum absolute atomic E-state index is 0.00941. The second-order valence-electron chi connectivity index (χ2n) is 12.0. The number of hydrogen-bond acceptors (Lipinski definition) is 3. The van der Waals surface area contributed by atoms with Crippen molar-refractivity contribution < 1.29 is 4.42 Å². The van der Waals surface area contributed by atoms with Crippen LogP contribution in [0.2, 0.25) is 0 Å². The van der Waals surface area contributed by atoms with Crippen molar-refractivity contribution >= 4 is 43.3 Å². The van der Waals surface area contributed by atoms with E-state index >= 15 is 0 Å². The summed E-state index contributed by atoms with van der Waals surface area (Å²) in [5.41, 5.74) is 9.18. The van der Waals surface area contributed by atoms with Gasteiger partial charge in [-0.2, -0.15) is 0 Å². The first-order valence-electron chi connectivity index (χ1n) is 13.6. The van der Waals surface area contributed by atoms with Crippen molar-refractivity contribution in [3.05, 3.63) is 88.5 Å². The van der Waals surface area contributed by atoms with E-state index in [1.54, 1.807) is 0 Å². The smallest absolute Gasteiger partial charge is 0.227 e. The highest BCUT2D eigenvalue weighted by Crippen LogP contribution is 2.42. The third-order valence-corrected chi connectivity index (χ3v) is 8.71. The van der Waals surface area contributed by atoms with E-state index in [9.17, 15) is 0 Å². The summed E-state index contributed by atoms with van der Waals surface area (Å²) in [5.74, 6) is 1.55. The largest absolute Gasteiger partial charge is 0.443 e. The SMILES string of the molecule is Cc1oc2nc(-c3cc(C(C)(C)C)c4ccccc4c3)cc(-c3ccc(CC(C)C)c4sccc34)c2c1C.